The van der Waals surface area contributed by atoms with Crippen LogP contribution in [0.2, 0.25) is 0 Å². The second kappa shape index (κ2) is 11.0. The van der Waals surface area contributed by atoms with Crippen molar-refractivity contribution in [3.8, 4) is 5.75 Å². The van der Waals surface area contributed by atoms with Crippen molar-refractivity contribution < 1.29 is 18.7 Å². The van der Waals surface area contributed by atoms with Gasteiger partial charge in [-0.05, 0) is 35.6 Å². The number of nitrogens with one attached hydrogen (secondary N) is 2. The van der Waals surface area contributed by atoms with Crippen molar-refractivity contribution in [3.63, 3.8) is 0 Å². The SMILES string of the molecule is O=C(CCCOc1cccc2ccccc12)NCCNC(=O)Cc1ccc(F)cc1. The zero-order valence-corrected chi connectivity index (χ0v) is 16.7. The van der Waals surface area contributed by atoms with Gasteiger partial charge in [-0.25, -0.2) is 4.39 Å². The summed E-state index contributed by atoms with van der Waals surface area (Å²) in [5, 5.41) is 7.69. The van der Waals surface area contributed by atoms with Crippen molar-refractivity contribution in [3.05, 3.63) is 78.1 Å². The van der Waals surface area contributed by atoms with Gasteiger partial charge >= 0.3 is 0 Å². The van der Waals surface area contributed by atoms with Crippen LogP contribution in [0.15, 0.2) is 66.7 Å². The summed E-state index contributed by atoms with van der Waals surface area (Å²) in [6, 6.07) is 19.7. The summed E-state index contributed by atoms with van der Waals surface area (Å²) >= 11 is 0. The molecule has 0 spiro atoms. The lowest BCUT2D eigenvalue weighted by Crippen LogP contribution is -2.35. The zero-order chi connectivity index (χ0) is 21.2. The molecule has 0 heterocycles. The highest BCUT2D eigenvalue weighted by Gasteiger charge is 2.05. The molecule has 2 N–H and O–H groups in total. The molecule has 0 saturated heterocycles. The Morgan fingerprint density at radius 3 is 2.33 bits per heavy atom. The highest BCUT2D eigenvalue weighted by Crippen LogP contribution is 2.25. The van der Waals surface area contributed by atoms with Crippen LogP contribution in [0.4, 0.5) is 4.39 Å². The molecule has 0 aromatic heterocycles. The number of ether oxygens (including phenoxy) is 1. The smallest absolute Gasteiger partial charge is 0.224 e. The van der Waals surface area contributed by atoms with Gasteiger partial charge in [-0.1, -0.05) is 48.5 Å². The lowest BCUT2D eigenvalue weighted by atomic mass is 10.1. The minimum Gasteiger partial charge on any atom is -0.493 e. The quantitative estimate of drug-likeness (QED) is 0.504. The first kappa shape index (κ1) is 21.3. The van der Waals surface area contributed by atoms with Crippen molar-refractivity contribution in [2.75, 3.05) is 19.7 Å². The van der Waals surface area contributed by atoms with Gasteiger partial charge < -0.3 is 15.4 Å². The Bertz CT molecular complexity index is 984. The van der Waals surface area contributed by atoms with E-state index in [4.69, 9.17) is 4.74 Å². The van der Waals surface area contributed by atoms with E-state index in [1.807, 2.05) is 42.5 Å². The largest absolute Gasteiger partial charge is 0.493 e. The van der Waals surface area contributed by atoms with Gasteiger partial charge in [0.05, 0.1) is 13.0 Å². The molecule has 0 aliphatic rings. The van der Waals surface area contributed by atoms with E-state index >= 15 is 0 Å². The summed E-state index contributed by atoms with van der Waals surface area (Å²) in [5.74, 6) is 0.241. The summed E-state index contributed by atoms with van der Waals surface area (Å²) in [5.41, 5.74) is 0.740. The summed E-state index contributed by atoms with van der Waals surface area (Å²) in [4.78, 5) is 23.8. The van der Waals surface area contributed by atoms with Gasteiger partial charge in [0.15, 0.2) is 0 Å². The molecule has 6 heteroatoms. The van der Waals surface area contributed by atoms with Crippen LogP contribution >= 0.6 is 0 Å². The molecule has 0 bridgehead atoms. The first-order valence-electron chi connectivity index (χ1n) is 10.0. The molecule has 0 saturated carbocycles. The Hall–Kier alpha value is -3.41. The molecule has 0 unspecified atom stereocenters. The monoisotopic (exact) mass is 408 g/mol. The third-order valence-corrected chi connectivity index (χ3v) is 4.60. The van der Waals surface area contributed by atoms with E-state index in [0.29, 0.717) is 32.5 Å². The molecule has 3 aromatic carbocycles. The maximum Gasteiger partial charge on any atom is 0.224 e. The predicted octanol–water partition coefficient (Wildman–Crippen LogP) is 3.61. The van der Waals surface area contributed by atoms with Crippen LogP contribution in [0.25, 0.3) is 10.8 Å². The molecular formula is C24H25FN2O3. The van der Waals surface area contributed by atoms with E-state index in [0.717, 1.165) is 22.1 Å². The van der Waals surface area contributed by atoms with E-state index in [-0.39, 0.29) is 24.1 Å². The maximum atomic E-state index is 12.9. The highest BCUT2D eigenvalue weighted by molar-refractivity contribution is 5.88. The normalized spacial score (nSPS) is 10.6. The summed E-state index contributed by atoms with van der Waals surface area (Å²) in [6.45, 7) is 1.16. The maximum absolute atomic E-state index is 12.9. The topological polar surface area (TPSA) is 67.4 Å². The Balaban J connectivity index is 1.28. The fraction of sp³-hybridized carbons (Fsp3) is 0.250. The number of halogens is 1. The number of hydrogen-bond donors (Lipinski definition) is 2. The molecule has 0 aliphatic heterocycles. The van der Waals surface area contributed by atoms with Crippen LogP contribution < -0.4 is 15.4 Å². The van der Waals surface area contributed by atoms with E-state index in [1.165, 1.54) is 12.1 Å². The lowest BCUT2D eigenvalue weighted by Gasteiger charge is -2.10. The molecule has 3 rings (SSSR count). The summed E-state index contributed by atoms with van der Waals surface area (Å²) in [6.07, 6.45) is 1.14. The molecule has 30 heavy (non-hydrogen) atoms. The number of benzene rings is 3. The molecule has 0 aliphatic carbocycles. The molecule has 0 fully saturated rings. The van der Waals surface area contributed by atoms with E-state index < -0.39 is 0 Å². The van der Waals surface area contributed by atoms with E-state index in [2.05, 4.69) is 10.6 Å². The van der Waals surface area contributed by atoms with Gasteiger partial charge in [-0.2, -0.15) is 0 Å². The van der Waals surface area contributed by atoms with Crippen LogP contribution in [0.3, 0.4) is 0 Å². The molecule has 156 valence electrons. The second-order valence-electron chi connectivity index (χ2n) is 6.93. The minimum absolute atomic E-state index is 0.0793. The van der Waals surface area contributed by atoms with Crippen LogP contribution in [-0.2, 0) is 16.0 Å². The second-order valence-corrected chi connectivity index (χ2v) is 6.93. The van der Waals surface area contributed by atoms with Gasteiger partial charge in [0, 0.05) is 24.9 Å². The fourth-order valence-electron chi connectivity index (χ4n) is 3.08. The van der Waals surface area contributed by atoms with Crippen molar-refractivity contribution >= 4 is 22.6 Å². The van der Waals surface area contributed by atoms with Gasteiger partial charge in [-0.3, -0.25) is 9.59 Å². The van der Waals surface area contributed by atoms with Crippen LogP contribution in [0, 0.1) is 5.82 Å². The molecule has 2 amide bonds. The lowest BCUT2D eigenvalue weighted by molar-refractivity contribution is -0.122. The molecule has 0 radical (unpaired) electrons. The highest BCUT2D eigenvalue weighted by atomic mass is 19.1. The average molecular weight is 408 g/mol. The van der Waals surface area contributed by atoms with Gasteiger partial charge in [-0.15, -0.1) is 0 Å². The summed E-state index contributed by atoms with van der Waals surface area (Å²) in [7, 11) is 0. The Morgan fingerprint density at radius 1 is 0.833 bits per heavy atom. The number of hydrogen-bond acceptors (Lipinski definition) is 3. The predicted molar refractivity (Wildman–Crippen MR) is 115 cm³/mol. The zero-order valence-electron chi connectivity index (χ0n) is 16.7. The van der Waals surface area contributed by atoms with Crippen LogP contribution in [0.1, 0.15) is 18.4 Å². The third-order valence-electron chi connectivity index (χ3n) is 4.60. The number of amides is 2. The van der Waals surface area contributed by atoms with Crippen molar-refractivity contribution in [1.82, 2.24) is 10.6 Å². The summed E-state index contributed by atoms with van der Waals surface area (Å²) < 4.78 is 18.7. The average Bonchev–Trinajstić information content (AvgIpc) is 2.76. The van der Waals surface area contributed by atoms with Crippen molar-refractivity contribution in [2.45, 2.75) is 19.3 Å². The van der Waals surface area contributed by atoms with Gasteiger partial charge in [0.2, 0.25) is 11.8 Å². The molecule has 3 aromatic rings. The van der Waals surface area contributed by atoms with Crippen molar-refractivity contribution in [1.29, 1.82) is 0 Å². The van der Waals surface area contributed by atoms with E-state index in [1.54, 1.807) is 12.1 Å². The number of rotatable bonds is 10. The van der Waals surface area contributed by atoms with Gasteiger partial charge in [0.1, 0.15) is 11.6 Å². The Kier molecular flexibility index (Phi) is 7.78. The van der Waals surface area contributed by atoms with Gasteiger partial charge in [0.25, 0.3) is 0 Å². The number of fused-ring (bicyclic) bond motifs is 1. The fourth-order valence-corrected chi connectivity index (χ4v) is 3.08. The Labute approximate surface area is 175 Å². The minimum atomic E-state index is -0.329. The van der Waals surface area contributed by atoms with Crippen LogP contribution in [-0.4, -0.2) is 31.5 Å². The van der Waals surface area contributed by atoms with E-state index in [9.17, 15) is 14.0 Å². The molecule has 5 nitrogen and oxygen atoms in total. The Morgan fingerprint density at radius 2 is 1.53 bits per heavy atom. The number of carbonyl (C=O) groups is 2. The first-order chi connectivity index (χ1) is 14.6. The number of carbonyl (C=O) groups excluding carboxylic acids is 2. The molecular weight excluding hydrogens is 383 g/mol. The standard InChI is InChI=1S/C24H25FN2O3/c25-20-12-10-18(11-13-20)17-24(29)27-15-14-26-23(28)9-4-16-30-22-8-3-6-19-5-1-2-7-21(19)22/h1-3,5-8,10-13H,4,9,14-17H2,(H,26,28)(H,27,29). The third kappa shape index (κ3) is 6.58. The first-order valence-corrected chi connectivity index (χ1v) is 10.0. The van der Waals surface area contributed by atoms with Crippen molar-refractivity contribution in [2.24, 2.45) is 0 Å². The molecule has 0 atom stereocenters. The van der Waals surface area contributed by atoms with Crippen LogP contribution in [0.5, 0.6) is 5.75 Å².